The lowest BCUT2D eigenvalue weighted by Crippen LogP contribution is -2.01. The molecule has 4 aromatic carbocycles. The van der Waals surface area contributed by atoms with Crippen LogP contribution in [0.4, 0.5) is 0 Å². The molecule has 0 radical (unpaired) electrons. The van der Waals surface area contributed by atoms with Crippen molar-refractivity contribution in [2.45, 2.75) is 13.8 Å². The highest BCUT2D eigenvalue weighted by atomic mass is 14.8. The molecule has 0 saturated heterocycles. The lowest BCUT2D eigenvalue weighted by molar-refractivity contribution is 1.32. The highest BCUT2D eigenvalue weighted by Crippen LogP contribution is 2.37. The van der Waals surface area contributed by atoms with Gasteiger partial charge in [0.1, 0.15) is 0 Å². The molecular formula is C33H26N2. The Balaban J connectivity index is 1.56. The van der Waals surface area contributed by atoms with Crippen molar-refractivity contribution >= 4 is 17.5 Å². The summed E-state index contributed by atoms with van der Waals surface area (Å²) in [5.74, 6) is 0. The highest BCUT2D eigenvalue weighted by molar-refractivity contribution is 6.21. The fraction of sp³-hybridized carbons (Fsp3) is 0.0606. The number of aliphatic imine (C=N–C) groups is 1. The predicted molar refractivity (Wildman–Crippen MR) is 148 cm³/mol. The summed E-state index contributed by atoms with van der Waals surface area (Å²) in [6.07, 6.45) is 2.21. The van der Waals surface area contributed by atoms with E-state index < -0.39 is 0 Å². The summed E-state index contributed by atoms with van der Waals surface area (Å²) < 4.78 is 0. The van der Waals surface area contributed by atoms with Crippen LogP contribution >= 0.6 is 0 Å². The second kappa shape index (κ2) is 8.73. The lowest BCUT2D eigenvalue weighted by atomic mass is 9.94. The molecular weight excluding hydrogens is 424 g/mol. The average Bonchev–Trinajstić information content (AvgIpc) is 3.48. The molecule has 0 fully saturated rings. The van der Waals surface area contributed by atoms with Gasteiger partial charge in [0.25, 0.3) is 0 Å². The molecule has 1 aliphatic rings. The molecule has 2 nitrogen and oxygen atoms in total. The maximum atomic E-state index is 5.18. The molecule has 0 unspecified atom stereocenters. The summed E-state index contributed by atoms with van der Waals surface area (Å²) in [5, 5.41) is 0. The van der Waals surface area contributed by atoms with Gasteiger partial charge in [-0.2, -0.15) is 0 Å². The van der Waals surface area contributed by atoms with E-state index in [0.717, 1.165) is 28.4 Å². The van der Waals surface area contributed by atoms with Gasteiger partial charge in [0.05, 0.1) is 11.4 Å². The molecule has 0 atom stereocenters. The van der Waals surface area contributed by atoms with Crippen LogP contribution in [0, 0.1) is 13.8 Å². The number of aryl methyl sites for hydroxylation is 2. The van der Waals surface area contributed by atoms with Crippen LogP contribution in [-0.4, -0.2) is 10.7 Å². The number of nitrogens with one attached hydrogen (secondary N) is 1. The first-order chi connectivity index (χ1) is 17.2. The van der Waals surface area contributed by atoms with E-state index in [1.807, 2.05) is 12.1 Å². The van der Waals surface area contributed by atoms with E-state index in [9.17, 15) is 0 Å². The van der Waals surface area contributed by atoms with E-state index in [0.29, 0.717) is 0 Å². The third-order valence-electron chi connectivity index (χ3n) is 6.74. The Bertz CT molecular complexity index is 1570. The number of hydrogen-bond donors (Lipinski definition) is 1. The number of rotatable bonds is 4. The number of aromatic amines is 1. The molecule has 0 bridgehead atoms. The zero-order valence-corrected chi connectivity index (χ0v) is 19.9. The van der Waals surface area contributed by atoms with E-state index in [4.69, 9.17) is 4.99 Å². The predicted octanol–water partition coefficient (Wildman–Crippen LogP) is 8.31. The fourth-order valence-corrected chi connectivity index (χ4v) is 4.74. The van der Waals surface area contributed by atoms with E-state index in [1.165, 1.54) is 38.9 Å². The Morgan fingerprint density at radius 2 is 1.11 bits per heavy atom. The van der Waals surface area contributed by atoms with Gasteiger partial charge in [-0.1, -0.05) is 91.0 Å². The molecule has 1 aliphatic heterocycles. The van der Waals surface area contributed by atoms with Gasteiger partial charge in [0.15, 0.2) is 0 Å². The van der Waals surface area contributed by atoms with Crippen molar-refractivity contribution in [2.75, 3.05) is 0 Å². The third-order valence-corrected chi connectivity index (χ3v) is 6.74. The minimum absolute atomic E-state index is 0.987. The molecule has 1 aromatic heterocycles. The molecule has 2 heterocycles. The number of benzene rings is 4. The smallest absolute Gasteiger partial charge is 0.0788 e. The SMILES string of the molecule is Cc1cc2c(cc1C)C(c1ccccc1)=NC2=Cc1[nH]c(-c2ccccc2)cc1-c1ccccc1. The van der Waals surface area contributed by atoms with Gasteiger partial charge in [0.2, 0.25) is 0 Å². The second-order valence-electron chi connectivity index (χ2n) is 9.08. The second-order valence-corrected chi connectivity index (χ2v) is 9.08. The Morgan fingerprint density at radius 3 is 1.74 bits per heavy atom. The first-order valence-corrected chi connectivity index (χ1v) is 12.0. The minimum atomic E-state index is 0.987. The van der Waals surface area contributed by atoms with Crippen molar-refractivity contribution in [3.63, 3.8) is 0 Å². The molecule has 1 N–H and O–H groups in total. The van der Waals surface area contributed by atoms with E-state index in [2.05, 4.69) is 122 Å². The zero-order valence-electron chi connectivity index (χ0n) is 19.9. The zero-order chi connectivity index (χ0) is 23.8. The highest BCUT2D eigenvalue weighted by Gasteiger charge is 2.23. The van der Waals surface area contributed by atoms with Crippen LogP contribution in [0.25, 0.3) is 34.2 Å². The summed E-state index contributed by atoms with van der Waals surface area (Å²) in [7, 11) is 0. The third kappa shape index (κ3) is 3.94. The topological polar surface area (TPSA) is 28.1 Å². The van der Waals surface area contributed by atoms with Gasteiger partial charge in [-0.3, -0.25) is 0 Å². The first kappa shape index (κ1) is 21.1. The van der Waals surface area contributed by atoms with Crippen molar-refractivity contribution in [3.8, 4) is 22.4 Å². The van der Waals surface area contributed by atoms with Gasteiger partial charge in [-0.15, -0.1) is 0 Å². The molecule has 0 aliphatic carbocycles. The van der Waals surface area contributed by atoms with Gasteiger partial charge in [-0.25, -0.2) is 4.99 Å². The standard InChI is InChI=1S/C33H26N2/c1-22-18-28-29(19-23(22)2)33(26-16-10-5-11-17-26)35-32(28)21-31-27(24-12-6-3-7-13-24)20-30(34-31)25-14-8-4-9-15-25/h3-21,34H,1-2H3. The molecule has 6 rings (SSSR count). The minimum Gasteiger partial charge on any atom is -0.354 e. The van der Waals surface area contributed by atoms with Crippen molar-refractivity contribution < 1.29 is 0 Å². The number of hydrogen-bond acceptors (Lipinski definition) is 1. The summed E-state index contributed by atoms with van der Waals surface area (Å²) in [5.41, 5.74) is 13.8. The summed E-state index contributed by atoms with van der Waals surface area (Å²) in [6, 6.07) is 38.3. The molecule has 168 valence electrons. The number of H-pyrrole nitrogens is 1. The fourth-order valence-electron chi connectivity index (χ4n) is 4.74. The van der Waals surface area contributed by atoms with E-state index in [-0.39, 0.29) is 0 Å². The van der Waals surface area contributed by atoms with E-state index >= 15 is 0 Å². The van der Waals surface area contributed by atoms with Crippen molar-refractivity contribution in [3.05, 3.63) is 143 Å². The molecule has 0 amide bonds. The van der Waals surface area contributed by atoms with E-state index in [1.54, 1.807) is 0 Å². The lowest BCUT2D eigenvalue weighted by Gasteiger charge is -2.08. The van der Waals surface area contributed by atoms with Gasteiger partial charge in [-0.05, 0) is 60.4 Å². The van der Waals surface area contributed by atoms with Gasteiger partial charge < -0.3 is 4.98 Å². The monoisotopic (exact) mass is 450 g/mol. The summed E-state index contributed by atoms with van der Waals surface area (Å²) in [4.78, 5) is 8.87. The molecule has 0 spiro atoms. The maximum absolute atomic E-state index is 5.18. The van der Waals surface area contributed by atoms with Crippen molar-refractivity contribution in [1.29, 1.82) is 0 Å². The van der Waals surface area contributed by atoms with Crippen LogP contribution in [0.15, 0.2) is 114 Å². The maximum Gasteiger partial charge on any atom is 0.0788 e. The van der Waals surface area contributed by atoms with Crippen LogP contribution in [-0.2, 0) is 0 Å². The molecule has 2 heteroatoms. The molecule has 35 heavy (non-hydrogen) atoms. The Morgan fingerprint density at radius 1 is 0.571 bits per heavy atom. The number of nitrogens with zero attached hydrogens (tertiary/aromatic N) is 1. The first-order valence-electron chi connectivity index (χ1n) is 12.0. The quantitative estimate of drug-likeness (QED) is 0.285. The van der Waals surface area contributed by atoms with Crippen LogP contribution in [0.3, 0.4) is 0 Å². The van der Waals surface area contributed by atoms with Gasteiger partial charge in [0, 0.05) is 33.6 Å². The Labute approximate surface area is 206 Å². The largest absolute Gasteiger partial charge is 0.354 e. The Hall–Kier alpha value is -4.43. The normalized spacial score (nSPS) is 13.7. The molecule has 5 aromatic rings. The molecule has 0 saturated carbocycles. The summed E-state index contributed by atoms with van der Waals surface area (Å²) >= 11 is 0. The van der Waals surface area contributed by atoms with Crippen molar-refractivity contribution in [1.82, 2.24) is 4.98 Å². The Kier molecular flexibility index (Phi) is 5.27. The number of fused-ring (bicyclic) bond motifs is 1. The van der Waals surface area contributed by atoms with Crippen LogP contribution in [0.5, 0.6) is 0 Å². The van der Waals surface area contributed by atoms with Crippen LogP contribution in [0.1, 0.15) is 33.5 Å². The van der Waals surface area contributed by atoms with Crippen molar-refractivity contribution in [2.24, 2.45) is 4.99 Å². The van der Waals surface area contributed by atoms with Crippen LogP contribution in [0.2, 0.25) is 0 Å². The van der Waals surface area contributed by atoms with Crippen LogP contribution < -0.4 is 0 Å². The van der Waals surface area contributed by atoms with Gasteiger partial charge >= 0.3 is 0 Å². The number of aromatic nitrogens is 1. The summed E-state index contributed by atoms with van der Waals surface area (Å²) in [6.45, 7) is 4.34. The average molecular weight is 451 g/mol.